The van der Waals surface area contributed by atoms with E-state index < -0.39 is 5.60 Å². The third kappa shape index (κ3) is 5.81. The van der Waals surface area contributed by atoms with Gasteiger partial charge in [0.15, 0.2) is 0 Å². The minimum atomic E-state index is -1.25. The van der Waals surface area contributed by atoms with E-state index in [1.165, 1.54) is 0 Å². The predicted octanol–water partition coefficient (Wildman–Crippen LogP) is 4.66. The Kier molecular flexibility index (Phi) is 10.8. The van der Waals surface area contributed by atoms with Crippen LogP contribution in [0.3, 0.4) is 0 Å². The van der Waals surface area contributed by atoms with Crippen molar-refractivity contribution < 1.29 is 14.3 Å². The van der Waals surface area contributed by atoms with Gasteiger partial charge >= 0.3 is 5.97 Å². The summed E-state index contributed by atoms with van der Waals surface area (Å²) in [5, 5.41) is 0. The van der Waals surface area contributed by atoms with E-state index in [0.29, 0.717) is 19.8 Å². The van der Waals surface area contributed by atoms with E-state index in [-0.39, 0.29) is 18.4 Å². The molecule has 0 fully saturated rings. The van der Waals surface area contributed by atoms with Gasteiger partial charge in [-0.1, -0.05) is 81.4 Å². The van der Waals surface area contributed by atoms with Crippen molar-refractivity contribution in [2.75, 3.05) is 32.8 Å². The lowest BCUT2D eigenvalue weighted by Crippen LogP contribution is -2.42. The van der Waals surface area contributed by atoms with Crippen LogP contribution in [0.1, 0.15) is 38.3 Å². The molecule has 0 saturated carbocycles. The molecule has 0 radical (unpaired) electrons. The molecule has 0 heterocycles. The standard InChI is InChI=1S/C23H31NO3.ClH/c1-4-18-27-23(20-13-9-7-10-14-20,21-15-11-8-12-16-21)22(25)26-19-17-24(5-2)6-3;/h7-16H,4-6,17-19H2,1-3H3;1H. The first kappa shape index (κ1) is 24.2. The average Bonchev–Trinajstić information content (AvgIpc) is 2.73. The van der Waals surface area contributed by atoms with Gasteiger partial charge in [-0.05, 0) is 30.6 Å². The predicted molar refractivity (Wildman–Crippen MR) is 116 cm³/mol. The lowest BCUT2D eigenvalue weighted by atomic mass is 9.86. The van der Waals surface area contributed by atoms with Crippen LogP contribution in [-0.2, 0) is 19.9 Å². The highest BCUT2D eigenvalue weighted by Gasteiger charge is 2.44. The van der Waals surface area contributed by atoms with Crippen molar-refractivity contribution in [1.29, 1.82) is 0 Å². The van der Waals surface area contributed by atoms with Crippen LogP contribution >= 0.6 is 12.4 Å². The van der Waals surface area contributed by atoms with Gasteiger partial charge in [0.1, 0.15) is 6.61 Å². The van der Waals surface area contributed by atoms with Crippen LogP contribution in [0.25, 0.3) is 0 Å². The number of carbonyl (C=O) groups excluding carboxylic acids is 1. The van der Waals surface area contributed by atoms with Crippen LogP contribution in [-0.4, -0.2) is 43.7 Å². The highest BCUT2D eigenvalue weighted by Crippen LogP contribution is 2.35. The molecule has 4 nitrogen and oxygen atoms in total. The molecule has 2 rings (SSSR count). The molecule has 28 heavy (non-hydrogen) atoms. The number of hydrogen-bond acceptors (Lipinski definition) is 4. The Morgan fingerprint density at radius 3 is 1.79 bits per heavy atom. The zero-order valence-electron chi connectivity index (χ0n) is 17.1. The molecule has 0 aliphatic rings. The largest absolute Gasteiger partial charge is 0.462 e. The number of likely N-dealkylation sites (N-methyl/N-ethyl adjacent to an activating group) is 1. The summed E-state index contributed by atoms with van der Waals surface area (Å²) in [6.45, 7) is 9.64. The molecule has 0 aromatic heterocycles. The number of carbonyl (C=O) groups is 1. The van der Waals surface area contributed by atoms with Gasteiger partial charge in [-0.3, -0.25) is 0 Å². The summed E-state index contributed by atoms with van der Waals surface area (Å²) in [4.78, 5) is 15.6. The van der Waals surface area contributed by atoms with E-state index in [1.54, 1.807) is 0 Å². The first-order valence-electron chi connectivity index (χ1n) is 9.83. The third-order valence-corrected chi connectivity index (χ3v) is 4.71. The maximum absolute atomic E-state index is 13.4. The van der Waals surface area contributed by atoms with Crippen molar-refractivity contribution in [3.63, 3.8) is 0 Å². The minimum absolute atomic E-state index is 0. The smallest absolute Gasteiger partial charge is 0.347 e. The second kappa shape index (κ2) is 12.6. The second-order valence-electron chi connectivity index (χ2n) is 6.42. The quantitative estimate of drug-likeness (QED) is 0.509. The fourth-order valence-electron chi connectivity index (χ4n) is 3.14. The van der Waals surface area contributed by atoms with Crippen LogP contribution in [0.2, 0.25) is 0 Å². The van der Waals surface area contributed by atoms with Crippen LogP contribution < -0.4 is 0 Å². The molecule has 0 bridgehead atoms. The highest BCUT2D eigenvalue weighted by atomic mass is 35.5. The lowest BCUT2D eigenvalue weighted by Gasteiger charge is -2.33. The molecule has 0 aliphatic heterocycles. The van der Waals surface area contributed by atoms with Crippen molar-refractivity contribution in [3.8, 4) is 0 Å². The monoisotopic (exact) mass is 405 g/mol. The summed E-state index contributed by atoms with van der Waals surface area (Å²) in [7, 11) is 0. The van der Waals surface area contributed by atoms with Gasteiger partial charge in [0, 0.05) is 13.2 Å². The number of esters is 1. The Labute approximate surface area is 175 Å². The molecule has 0 amide bonds. The van der Waals surface area contributed by atoms with E-state index in [9.17, 15) is 4.79 Å². The van der Waals surface area contributed by atoms with Gasteiger partial charge in [0.25, 0.3) is 0 Å². The zero-order chi connectivity index (χ0) is 19.5. The summed E-state index contributed by atoms with van der Waals surface area (Å²) >= 11 is 0. The molecule has 0 N–H and O–H groups in total. The Bertz CT molecular complexity index is 635. The van der Waals surface area contributed by atoms with Gasteiger partial charge in [-0.25, -0.2) is 4.79 Å². The topological polar surface area (TPSA) is 38.8 Å². The fourth-order valence-corrected chi connectivity index (χ4v) is 3.14. The van der Waals surface area contributed by atoms with Crippen LogP contribution in [0.4, 0.5) is 0 Å². The van der Waals surface area contributed by atoms with E-state index in [4.69, 9.17) is 9.47 Å². The van der Waals surface area contributed by atoms with E-state index >= 15 is 0 Å². The van der Waals surface area contributed by atoms with Gasteiger partial charge < -0.3 is 14.4 Å². The number of halogens is 1. The molecule has 0 spiro atoms. The van der Waals surface area contributed by atoms with Crippen LogP contribution in [0.5, 0.6) is 0 Å². The van der Waals surface area contributed by atoms with Gasteiger partial charge in [0.05, 0.1) is 0 Å². The summed E-state index contributed by atoms with van der Waals surface area (Å²) < 4.78 is 12.0. The van der Waals surface area contributed by atoms with E-state index in [2.05, 4.69) is 18.7 Å². The summed E-state index contributed by atoms with van der Waals surface area (Å²) in [5.41, 5.74) is 0.330. The van der Waals surface area contributed by atoms with E-state index in [1.807, 2.05) is 67.6 Å². The molecule has 0 aliphatic carbocycles. The highest BCUT2D eigenvalue weighted by molar-refractivity contribution is 5.86. The first-order chi connectivity index (χ1) is 13.2. The Hall–Kier alpha value is -1.88. The normalized spacial score (nSPS) is 11.1. The van der Waals surface area contributed by atoms with Crippen molar-refractivity contribution in [2.24, 2.45) is 0 Å². The van der Waals surface area contributed by atoms with Crippen molar-refractivity contribution >= 4 is 18.4 Å². The van der Waals surface area contributed by atoms with Crippen molar-refractivity contribution in [2.45, 2.75) is 32.8 Å². The molecule has 0 saturated heterocycles. The Balaban J connectivity index is 0.00000392. The number of hydrogen-bond donors (Lipinski definition) is 0. The average molecular weight is 406 g/mol. The molecular formula is C23H32ClNO3. The summed E-state index contributed by atoms with van der Waals surface area (Å²) in [6, 6.07) is 19.3. The first-order valence-corrected chi connectivity index (χ1v) is 9.83. The second-order valence-corrected chi connectivity index (χ2v) is 6.42. The Morgan fingerprint density at radius 1 is 0.857 bits per heavy atom. The number of nitrogens with zero attached hydrogens (tertiary/aromatic N) is 1. The summed E-state index contributed by atoms with van der Waals surface area (Å²) in [5.74, 6) is -0.361. The van der Waals surface area contributed by atoms with Crippen molar-refractivity contribution in [3.05, 3.63) is 71.8 Å². The molecule has 2 aromatic carbocycles. The molecule has 154 valence electrons. The molecule has 0 unspecified atom stereocenters. The number of ether oxygens (including phenoxy) is 2. The maximum atomic E-state index is 13.4. The van der Waals surface area contributed by atoms with Crippen LogP contribution in [0.15, 0.2) is 60.7 Å². The third-order valence-electron chi connectivity index (χ3n) is 4.71. The number of rotatable bonds is 11. The molecule has 2 aromatic rings. The SMILES string of the molecule is CCCOC(C(=O)OCCN(CC)CC)(c1ccccc1)c1ccccc1.Cl. The molecule has 0 atom stereocenters. The van der Waals surface area contributed by atoms with Crippen molar-refractivity contribution in [1.82, 2.24) is 4.90 Å². The zero-order valence-corrected chi connectivity index (χ0v) is 17.9. The van der Waals surface area contributed by atoms with Gasteiger partial charge in [-0.2, -0.15) is 0 Å². The summed E-state index contributed by atoms with van der Waals surface area (Å²) in [6.07, 6.45) is 0.814. The fraction of sp³-hybridized carbons (Fsp3) is 0.435. The van der Waals surface area contributed by atoms with Gasteiger partial charge in [-0.15, -0.1) is 12.4 Å². The number of benzene rings is 2. The molecule has 5 heteroatoms. The minimum Gasteiger partial charge on any atom is -0.462 e. The van der Waals surface area contributed by atoms with Gasteiger partial charge in [0.2, 0.25) is 5.60 Å². The maximum Gasteiger partial charge on any atom is 0.347 e. The van der Waals surface area contributed by atoms with Crippen LogP contribution in [0, 0.1) is 0 Å². The van der Waals surface area contributed by atoms with E-state index in [0.717, 1.165) is 30.6 Å². The lowest BCUT2D eigenvalue weighted by molar-refractivity contribution is -0.169. The Morgan fingerprint density at radius 2 is 1.36 bits per heavy atom. The molecular weight excluding hydrogens is 374 g/mol.